The van der Waals surface area contributed by atoms with Crippen LogP contribution in [0.2, 0.25) is 0 Å². The van der Waals surface area contributed by atoms with Crippen molar-refractivity contribution in [1.82, 2.24) is 4.90 Å². The first-order valence-electron chi connectivity index (χ1n) is 9.44. The highest BCUT2D eigenvalue weighted by molar-refractivity contribution is 7.90. The molecule has 1 N–H and O–H groups in total. The van der Waals surface area contributed by atoms with Gasteiger partial charge in [-0.2, -0.15) is 0 Å². The predicted octanol–water partition coefficient (Wildman–Crippen LogP) is 2.96. The van der Waals surface area contributed by atoms with E-state index in [1.807, 2.05) is 35.2 Å². The summed E-state index contributed by atoms with van der Waals surface area (Å²) in [6.45, 7) is 1.92. The molecule has 0 aromatic heterocycles. The summed E-state index contributed by atoms with van der Waals surface area (Å²) in [7, 11) is -3.20. The van der Waals surface area contributed by atoms with E-state index in [0.29, 0.717) is 25.2 Å². The van der Waals surface area contributed by atoms with Crippen LogP contribution in [0.1, 0.15) is 19.3 Å². The summed E-state index contributed by atoms with van der Waals surface area (Å²) in [6, 6.07) is 16.7. The number of carbonyl (C=O) groups is 1. The van der Waals surface area contributed by atoms with Crippen LogP contribution in [0.25, 0.3) is 0 Å². The summed E-state index contributed by atoms with van der Waals surface area (Å²) in [4.78, 5) is 14.6. The second kappa shape index (κ2) is 9.10. The maximum Gasteiger partial charge on any atom is 0.222 e. The lowest BCUT2D eigenvalue weighted by atomic mass is 10.2. The zero-order valence-corrected chi connectivity index (χ0v) is 16.8. The van der Waals surface area contributed by atoms with E-state index in [9.17, 15) is 13.2 Å². The van der Waals surface area contributed by atoms with Gasteiger partial charge in [0, 0.05) is 37.5 Å². The van der Waals surface area contributed by atoms with Crippen LogP contribution in [-0.4, -0.2) is 51.2 Å². The highest BCUT2D eigenvalue weighted by Crippen LogP contribution is 2.18. The summed E-state index contributed by atoms with van der Waals surface area (Å²) >= 11 is 0. The Kier molecular flexibility index (Phi) is 6.57. The number of rotatable bonds is 8. The smallest absolute Gasteiger partial charge is 0.222 e. The SMILES string of the molecule is CS(=O)(=O)c1ccc(OCCCC(=O)N2CCC(Nc3ccccc3)C2)cc1. The third-order valence-corrected chi connectivity index (χ3v) is 5.87. The van der Waals surface area contributed by atoms with Crippen molar-refractivity contribution in [2.45, 2.75) is 30.2 Å². The first-order chi connectivity index (χ1) is 13.4. The number of likely N-dealkylation sites (tertiary alicyclic amines) is 1. The molecule has 1 aliphatic rings. The summed E-state index contributed by atoms with van der Waals surface area (Å²) < 4.78 is 28.5. The van der Waals surface area contributed by atoms with Crippen molar-refractivity contribution >= 4 is 21.4 Å². The van der Waals surface area contributed by atoms with Crippen LogP contribution in [0.15, 0.2) is 59.5 Å². The highest BCUT2D eigenvalue weighted by atomic mass is 32.2. The van der Waals surface area contributed by atoms with E-state index in [2.05, 4.69) is 5.32 Å². The Morgan fingerprint density at radius 1 is 1.14 bits per heavy atom. The van der Waals surface area contributed by atoms with Crippen LogP contribution in [0, 0.1) is 0 Å². The Labute approximate surface area is 166 Å². The molecule has 1 heterocycles. The topological polar surface area (TPSA) is 75.7 Å². The van der Waals surface area contributed by atoms with Gasteiger partial charge in [-0.05, 0) is 49.2 Å². The van der Waals surface area contributed by atoms with Crippen molar-refractivity contribution in [1.29, 1.82) is 0 Å². The molecule has 1 unspecified atom stereocenters. The average Bonchev–Trinajstić information content (AvgIpc) is 3.14. The molecule has 0 aliphatic carbocycles. The van der Waals surface area contributed by atoms with Crippen molar-refractivity contribution in [3.05, 3.63) is 54.6 Å². The largest absolute Gasteiger partial charge is 0.494 e. The third-order valence-electron chi connectivity index (χ3n) is 4.74. The van der Waals surface area contributed by atoms with Gasteiger partial charge in [-0.15, -0.1) is 0 Å². The van der Waals surface area contributed by atoms with E-state index in [4.69, 9.17) is 4.74 Å². The molecule has 2 aromatic carbocycles. The minimum atomic E-state index is -3.20. The molecule has 0 bridgehead atoms. The fraction of sp³-hybridized carbons (Fsp3) is 0.381. The van der Waals surface area contributed by atoms with Crippen molar-refractivity contribution in [3.63, 3.8) is 0 Å². The van der Waals surface area contributed by atoms with Gasteiger partial charge < -0.3 is 15.0 Å². The minimum Gasteiger partial charge on any atom is -0.494 e. The van der Waals surface area contributed by atoms with E-state index >= 15 is 0 Å². The Bertz CT molecular complexity index is 882. The molecule has 1 saturated heterocycles. The van der Waals surface area contributed by atoms with Gasteiger partial charge in [0.15, 0.2) is 9.84 Å². The van der Waals surface area contributed by atoms with Crippen LogP contribution >= 0.6 is 0 Å². The molecule has 1 amide bonds. The fourth-order valence-electron chi connectivity index (χ4n) is 3.23. The van der Waals surface area contributed by atoms with Gasteiger partial charge in [0.05, 0.1) is 11.5 Å². The lowest BCUT2D eigenvalue weighted by Crippen LogP contribution is -2.31. The van der Waals surface area contributed by atoms with E-state index in [-0.39, 0.29) is 16.8 Å². The molecule has 0 radical (unpaired) electrons. The van der Waals surface area contributed by atoms with Crippen molar-refractivity contribution in [2.75, 3.05) is 31.3 Å². The Morgan fingerprint density at radius 3 is 2.54 bits per heavy atom. The third kappa shape index (κ3) is 5.73. The molecule has 2 aromatic rings. The second-order valence-electron chi connectivity index (χ2n) is 7.03. The molecule has 6 nitrogen and oxygen atoms in total. The number of benzene rings is 2. The highest BCUT2D eigenvalue weighted by Gasteiger charge is 2.25. The number of nitrogens with zero attached hydrogens (tertiary/aromatic N) is 1. The molecule has 1 fully saturated rings. The number of nitrogens with one attached hydrogen (secondary N) is 1. The van der Waals surface area contributed by atoms with Gasteiger partial charge in [0.1, 0.15) is 5.75 Å². The number of ether oxygens (including phenoxy) is 1. The Balaban J connectivity index is 1.37. The minimum absolute atomic E-state index is 0.147. The van der Waals surface area contributed by atoms with Gasteiger partial charge in [-0.3, -0.25) is 4.79 Å². The first-order valence-corrected chi connectivity index (χ1v) is 11.3. The van der Waals surface area contributed by atoms with E-state index in [1.165, 1.54) is 18.4 Å². The van der Waals surface area contributed by atoms with E-state index in [0.717, 1.165) is 25.2 Å². The first kappa shape index (κ1) is 20.2. The summed E-state index contributed by atoms with van der Waals surface area (Å²) in [5.74, 6) is 0.751. The molecular formula is C21H26N2O4S. The molecule has 3 rings (SSSR count). The number of para-hydroxylation sites is 1. The molecule has 0 spiro atoms. The molecule has 1 aliphatic heterocycles. The maximum atomic E-state index is 12.4. The summed E-state index contributed by atoms with van der Waals surface area (Å²) in [6.07, 6.45) is 3.19. The van der Waals surface area contributed by atoms with Crippen LogP contribution in [-0.2, 0) is 14.6 Å². The number of anilines is 1. The maximum absolute atomic E-state index is 12.4. The van der Waals surface area contributed by atoms with Gasteiger partial charge in [0.2, 0.25) is 5.91 Å². The molecular weight excluding hydrogens is 376 g/mol. The summed E-state index contributed by atoms with van der Waals surface area (Å²) in [5, 5.41) is 3.47. The quantitative estimate of drug-likeness (QED) is 0.687. The lowest BCUT2D eigenvalue weighted by Gasteiger charge is -2.18. The number of sulfone groups is 1. The molecule has 0 saturated carbocycles. The van der Waals surface area contributed by atoms with Crippen LogP contribution < -0.4 is 10.1 Å². The van der Waals surface area contributed by atoms with E-state index in [1.54, 1.807) is 12.1 Å². The lowest BCUT2D eigenvalue weighted by molar-refractivity contribution is -0.130. The van der Waals surface area contributed by atoms with Crippen LogP contribution in [0.5, 0.6) is 5.75 Å². The van der Waals surface area contributed by atoms with E-state index < -0.39 is 9.84 Å². The number of amides is 1. The van der Waals surface area contributed by atoms with Gasteiger partial charge in [0.25, 0.3) is 0 Å². The summed E-state index contributed by atoms with van der Waals surface area (Å²) in [5.41, 5.74) is 1.08. The van der Waals surface area contributed by atoms with Crippen molar-refractivity contribution in [2.24, 2.45) is 0 Å². The predicted molar refractivity (Wildman–Crippen MR) is 109 cm³/mol. The monoisotopic (exact) mass is 402 g/mol. The number of hydrogen-bond acceptors (Lipinski definition) is 5. The number of carbonyl (C=O) groups excluding carboxylic acids is 1. The molecule has 28 heavy (non-hydrogen) atoms. The molecule has 7 heteroatoms. The van der Waals surface area contributed by atoms with Crippen LogP contribution in [0.4, 0.5) is 5.69 Å². The Morgan fingerprint density at radius 2 is 1.86 bits per heavy atom. The fourth-order valence-corrected chi connectivity index (χ4v) is 3.86. The zero-order valence-electron chi connectivity index (χ0n) is 16.0. The van der Waals surface area contributed by atoms with Crippen molar-refractivity contribution < 1.29 is 17.9 Å². The van der Waals surface area contributed by atoms with Crippen molar-refractivity contribution in [3.8, 4) is 5.75 Å². The average molecular weight is 403 g/mol. The normalized spacial score (nSPS) is 16.8. The Hall–Kier alpha value is -2.54. The van der Waals surface area contributed by atoms with Gasteiger partial charge >= 0.3 is 0 Å². The number of hydrogen-bond donors (Lipinski definition) is 1. The molecule has 150 valence electrons. The van der Waals surface area contributed by atoms with Gasteiger partial charge in [-0.1, -0.05) is 18.2 Å². The molecule has 1 atom stereocenters. The van der Waals surface area contributed by atoms with Crippen LogP contribution in [0.3, 0.4) is 0 Å². The second-order valence-corrected chi connectivity index (χ2v) is 9.05. The zero-order chi connectivity index (χ0) is 20.0. The standard InChI is InChI=1S/C21H26N2O4S/c1-28(25,26)20-11-9-19(10-12-20)27-15-5-8-21(24)23-14-13-18(16-23)22-17-6-3-2-4-7-17/h2-4,6-7,9-12,18,22H,5,8,13-16H2,1H3. The van der Waals surface area contributed by atoms with Gasteiger partial charge in [-0.25, -0.2) is 8.42 Å².